The average molecular weight is 328 g/mol. The highest BCUT2D eigenvalue weighted by Gasteiger charge is 2.12. The number of aromatic nitrogens is 1. The van der Waals surface area contributed by atoms with Gasteiger partial charge in [0, 0.05) is 16.1 Å². The second kappa shape index (κ2) is 5.35. The molecule has 0 fully saturated rings. The summed E-state index contributed by atoms with van der Waals surface area (Å²) in [4.78, 5) is 4.33. The zero-order valence-corrected chi connectivity index (χ0v) is 12.6. The predicted molar refractivity (Wildman–Crippen MR) is 84.7 cm³/mol. The van der Waals surface area contributed by atoms with E-state index >= 15 is 0 Å². The van der Waals surface area contributed by atoms with Crippen molar-refractivity contribution in [3.05, 3.63) is 75.9 Å². The molecule has 3 heteroatoms. The number of aliphatic hydroxyl groups excluding tert-OH is 1. The Morgan fingerprint density at radius 2 is 1.90 bits per heavy atom. The minimum Gasteiger partial charge on any atom is -0.384 e. The van der Waals surface area contributed by atoms with E-state index in [9.17, 15) is 5.11 Å². The van der Waals surface area contributed by atoms with Gasteiger partial charge >= 0.3 is 0 Å². The van der Waals surface area contributed by atoms with Gasteiger partial charge in [-0.15, -0.1) is 0 Å². The van der Waals surface area contributed by atoms with Crippen molar-refractivity contribution in [2.24, 2.45) is 0 Å². The van der Waals surface area contributed by atoms with Gasteiger partial charge in [-0.05, 0) is 47.9 Å². The van der Waals surface area contributed by atoms with E-state index in [2.05, 4.69) is 20.9 Å². The molecule has 3 rings (SSSR count). The van der Waals surface area contributed by atoms with Gasteiger partial charge in [-0.3, -0.25) is 4.98 Å². The average Bonchev–Trinajstić information content (AvgIpc) is 2.45. The third kappa shape index (κ3) is 2.60. The summed E-state index contributed by atoms with van der Waals surface area (Å²) in [6.07, 6.45) is 1.12. The van der Waals surface area contributed by atoms with Crippen LogP contribution in [0.5, 0.6) is 0 Å². The summed E-state index contributed by atoms with van der Waals surface area (Å²) < 4.78 is 0.977. The largest absolute Gasteiger partial charge is 0.384 e. The molecule has 20 heavy (non-hydrogen) atoms. The molecule has 0 aliphatic heterocycles. The van der Waals surface area contributed by atoms with Crippen LogP contribution in [0.25, 0.3) is 10.9 Å². The normalized spacial score (nSPS) is 12.6. The summed E-state index contributed by atoms with van der Waals surface area (Å²) in [6, 6.07) is 15.8. The van der Waals surface area contributed by atoms with Gasteiger partial charge in [0.15, 0.2) is 0 Å². The molecular formula is C17H14BrNO. The molecule has 3 aromatic rings. The van der Waals surface area contributed by atoms with Crippen molar-refractivity contribution in [1.82, 2.24) is 4.98 Å². The van der Waals surface area contributed by atoms with Gasteiger partial charge in [-0.1, -0.05) is 40.2 Å². The zero-order valence-electron chi connectivity index (χ0n) is 11.0. The van der Waals surface area contributed by atoms with E-state index < -0.39 is 6.10 Å². The van der Waals surface area contributed by atoms with Crippen molar-refractivity contribution >= 4 is 26.8 Å². The molecular weight excluding hydrogens is 314 g/mol. The molecule has 100 valence electrons. The number of benzene rings is 2. The minimum absolute atomic E-state index is 0.641. The molecule has 0 spiro atoms. The van der Waals surface area contributed by atoms with E-state index in [-0.39, 0.29) is 0 Å². The molecule has 1 N–H and O–H groups in total. The Labute approximate surface area is 126 Å². The smallest absolute Gasteiger partial charge is 0.104 e. The molecule has 0 bridgehead atoms. The SMILES string of the molecule is Cc1cc(Br)cc(C(O)c2ccc3cccnc3c2)c1. The Balaban J connectivity index is 2.05. The van der Waals surface area contributed by atoms with Crippen LogP contribution in [0.3, 0.4) is 0 Å². The van der Waals surface area contributed by atoms with Crippen molar-refractivity contribution in [2.75, 3.05) is 0 Å². The van der Waals surface area contributed by atoms with Gasteiger partial charge in [-0.2, -0.15) is 0 Å². The fraction of sp³-hybridized carbons (Fsp3) is 0.118. The van der Waals surface area contributed by atoms with Crippen LogP contribution < -0.4 is 0 Å². The van der Waals surface area contributed by atoms with Gasteiger partial charge in [-0.25, -0.2) is 0 Å². The van der Waals surface area contributed by atoms with Gasteiger partial charge in [0.2, 0.25) is 0 Å². The second-order valence-corrected chi connectivity index (χ2v) is 5.84. The Kier molecular flexibility index (Phi) is 3.55. The summed E-state index contributed by atoms with van der Waals surface area (Å²) in [5, 5.41) is 11.6. The Morgan fingerprint density at radius 1 is 1.05 bits per heavy atom. The highest BCUT2D eigenvalue weighted by atomic mass is 79.9. The first kappa shape index (κ1) is 13.3. The van der Waals surface area contributed by atoms with Crippen LogP contribution in [0.1, 0.15) is 22.8 Å². The molecule has 2 aromatic carbocycles. The fourth-order valence-corrected chi connectivity index (χ4v) is 2.99. The van der Waals surface area contributed by atoms with Gasteiger partial charge < -0.3 is 5.11 Å². The van der Waals surface area contributed by atoms with Crippen LogP contribution in [0, 0.1) is 6.92 Å². The summed E-state index contributed by atoms with van der Waals surface area (Å²) in [7, 11) is 0. The molecule has 1 atom stereocenters. The topological polar surface area (TPSA) is 33.1 Å². The number of hydrogen-bond acceptors (Lipinski definition) is 2. The molecule has 2 nitrogen and oxygen atoms in total. The third-order valence-electron chi connectivity index (χ3n) is 3.33. The van der Waals surface area contributed by atoms with Crippen LogP contribution in [0.2, 0.25) is 0 Å². The first-order chi connectivity index (χ1) is 9.63. The molecule has 1 heterocycles. The standard InChI is InChI=1S/C17H14BrNO/c1-11-7-14(9-15(18)8-11)17(20)13-5-4-12-3-2-6-19-16(12)10-13/h2-10,17,20H,1H3. The highest BCUT2D eigenvalue weighted by molar-refractivity contribution is 9.10. The molecule has 0 saturated heterocycles. The highest BCUT2D eigenvalue weighted by Crippen LogP contribution is 2.27. The molecule has 0 aliphatic carbocycles. The fourth-order valence-electron chi connectivity index (χ4n) is 2.37. The van der Waals surface area contributed by atoms with Crippen LogP contribution in [-0.2, 0) is 0 Å². The van der Waals surface area contributed by atoms with Crippen LogP contribution in [-0.4, -0.2) is 10.1 Å². The molecule has 0 radical (unpaired) electrons. The van der Waals surface area contributed by atoms with Crippen LogP contribution in [0.4, 0.5) is 0 Å². The van der Waals surface area contributed by atoms with E-state index in [0.29, 0.717) is 0 Å². The Hall–Kier alpha value is -1.71. The van der Waals surface area contributed by atoms with E-state index in [4.69, 9.17) is 0 Å². The first-order valence-corrected chi connectivity index (χ1v) is 7.22. The van der Waals surface area contributed by atoms with Gasteiger partial charge in [0.05, 0.1) is 5.52 Å². The zero-order chi connectivity index (χ0) is 14.1. The van der Waals surface area contributed by atoms with Crippen molar-refractivity contribution < 1.29 is 5.11 Å². The lowest BCUT2D eigenvalue weighted by Crippen LogP contribution is -2.00. The summed E-state index contributed by atoms with van der Waals surface area (Å²) in [6.45, 7) is 2.02. The maximum Gasteiger partial charge on any atom is 0.104 e. The number of hydrogen-bond donors (Lipinski definition) is 1. The predicted octanol–water partition coefficient (Wildman–Crippen LogP) is 4.39. The summed E-state index contributed by atoms with van der Waals surface area (Å²) in [5.74, 6) is 0. The second-order valence-electron chi connectivity index (χ2n) is 4.92. The molecule has 0 amide bonds. The van der Waals surface area contributed by atoms with Crippen molar-refractivity contribution in [3.8, 4) is 0 Å². The number of aliphatic hydroxyl groups is 1. The third-order valence-corrected chi connectivity index (χ3v) is 3.78. The van der Waals surface area contributed by atoms with Crippen molar-refractivity contribution in [1.29, 1.82) is 0 Å². The van der Waals surface area contributed by atoms with Gasteiger partial charge in [0.1, 0.15) is 6.10 Å². The Bertz CT molecular complexity index is 750. The lowest BCUT2D eigenvalue weighted by molar-refractivity contribution is 0.220. The molecule has 1 aromatic heterocycles. The first-order valence-electron chi connectivity index (χ1n) is 6.43. The lowest BCUT2D eigenvalue weighted by atomic mass is 9.99. The lowest BCUT2D eigenvalue weighted by Gasteiger charge is -2.13. The van der Waals surface area contributed by atoms with Crippen molar-refractivity contribution in [2.45, 2.75) is 13.0 Å². The quantitative estimate of drug-likeness (QED) is 0.757. The Morgan fingerprint density at radius 3 is 2.70 bits per heavy atom. The summed E-state index contributed by atoms with van der Waals surface area (Å²) in [5.41, 5.74) is 3.75. The maximum atomic E-state index is 10.6. The van der Waals surface area contributed by atoms with E-state index in [0.717, 1.165) is 32.1 Å². The monoisotopic (exact) mass is 327 g/mol. The van der Waals surface area contributed by atoms with Crippen LogP contribution >= 0.6 is 15.9 Å². The van der Waals surface area contributed by atoms with Crippen LogP contribution in [0.15, 0.2) is 59.2 Å². The number of rotatable bonds is 2. The van der Waals surface area contributed by atoms with E-state index in [1.54, 1.807) is 6.20 Å². The number of nitrogens with zero attached hydrogens (tertiary/aromatic N) is 1. The minimum atomic E-state index is -0.641. The molecule has 1 unspecified atom stereocenters. The number of fused-ring (bicyclic) bond motifs is 1. The van der Waals surface area contributed by atoms with E-state index in [1.165, 1.54) is 0 Å². The number of aryl methyl sites for hydroxylation is 1. The maximum absolute atomic E-state index is 10.6. The summed E-state index contributed by atoms with van der Waals surface area (Å²) >= 11 is 3.47. The molecule has 0 saturated carbocycles. The number of pyridine rings is 1. The number of halogens is 1. The van der Waals surface area contributed by atoms with Crippen molar-refractivity contribution in [3.63, 3.8) is 0 Å². The van der Waals surface area contributed by atoms with Gasteiger partial charge in [0.25, 0.3) is 0 Å². The van der Waals surface area contributed by atoms with E-state index in [1.807, 2.05) is 55.5 Å². The molecule has 0 aliphatic rings.